The van der Waals surface area contributed by atoms with E-state index in [1.165, 1.54) is 0 Å². The summed E-state index contributed by atoms with van der Waals surface area (Å²) in [6.45, 7) is 1.28. The van der Waals surface area contributed by atoms with E-state index >= 15 is 0 Å². The van der Waals surface area contributed by atoms with E-state index in [4.69, 9.17) is 11.6 Å². The Morgan fingerprint density at radius 1 is 1.21 bits per heavy atom. The number of aliphatic imine (C=N–C) groups is 1. The second-order valence-corrected chi connectivity index (χ2v) is 6.87. The van der Waals surface area contributed by atoms with Crippen molar-refractivity contribution in [1.29, 1.82) is 0 Å². The Labute approximate surface area is 158 Å². The van der Waals surface area contributed by atoms with Gasteiger partial charge in [0.15, 0.2) is 0 Å². The number of hydrogen-bond donors (Lipinski definition) is 2. The lowest BCUT2D eigenvalue weighted by Crippen LogP contribution is -2.05. The summed E-state index contributed by atoms with van der Waals surface area (Å²) in [5.41, 5.74) is 2.59. The van der Waals surface area contributed by atoms with Gasteiger partial charge in [-0.05, 0) is 65.1 Å². The molecular formula is C18H15ClIN3O. The number of phenols is 1. The van der Waals surface area contributed by atoms with Crippen LogP contribution in [0.5, 0.6) is 5.75 Å². The van der Waals surface area contributed by atoms with Crippen molar-refractivity contribution in [3.8, 4) is 5.75 Å². The summed E-state index contributed by atoms with van der Waals surface area (Å²) in [5.74, 6) is 0.240. The van der Waals surface area contributed by atoms with E-state index in [2.05, 4.69) is 37.9 Å². The van der Waals surface area contributed by atoms with Crippen molar-refractivity contribution >= 4 is 57.0 Å². The number of rotatable bonds is 5. The van der Waals surface area contributed by atoms with Gasteiger partial charge in [0.1, 0.15) is 5.75 Å². The summed E-state index contributed by atoms with van der Waals surface area (Å²) in [6, 6.07) is 13.0. The third kappa shape index (κ3) is 4.15. The highest BCUT2D eigenvalue weighted by molar-refractivity contribution is 14.1. The molecule has 0 aliphatic carbocycles. The van der Waals surface area contributed by atoms with Gasteiger partial charge in [-0.3, -0.25) is 9.98 Å². The van der Waals surface area contributed by atoms with Crippen LogP contribution in [0.25, 0.3) is 10.9 Å². The number of hydrogen-bond acceptors (Lipinski definition) is 4. The van der Waals surface area contributed by atoms with Gasteiger partial charge >= 0.3 is 0 Å². The topological polar surface area (TPSA) is 57.5 Å². The maximum absolute atomic E-state index is 9.78. The maximum atomic E-state index is 9.78. The second kappa shape index (κ2) is 7.81. The van der Waals surface area contributed by atoms with E-state index < -0.39 is 0 Å². The van der Waals surface area contributed by atoms with Crippen LogP contribution < -0.4 is 5.32 Å². The number of halogens is 2. The molecule has 0 unspecified atom stereocenters. The normalized spacial score (nSPS) is 11.2. The fraction of sp³-hybridized carbons (Fsp3) is 0.111. The molecule has 1 heterocycles. The number of benzene rings is 2. The van der Waals surface area contributed by atoms with Crippen molar-refractivity contribution in [1.82, 2.24) is 4.98 Å². The van der Waals surface area contributed by atoms with Crippen LogP contribution in [0.2, 0.25) is 5.02 Å². The molecule has 3 rings (SSSR count). The largest absolute Gasteiger partial charge is 0.507 e. The Kier molecular flexibility index (Phi) is 5.52. The van der Waals surface area contributed by atoms with Crippen LogP contribution in [-0.2, 0) is 0 Å². The maximum Gasteiger partial charge on any atom is 0.124 e. The Hall–Kier alpha value is -1.86. The summed E-state index contributed by atoms with van der Waals surface area (Å²) < 4.78 is 1.06. The van der Waals surface area contributed by atoms with Gasteiger partial charge in [-0.1, -0.05) is 11.6 Å². The Bertz CT molecular complexity index is 899. The zero-order chi connectivity index (χ0) is 16.9. The predicted molar refractivity (Wildman–Crippen MR) is 109 cm³/mol. The van der Waals surface area contributed by atoms with Crippen LogP contribution in [0.3, 0.4) is 0 Å². The predicted octanol–water partition coefficient (Wildman–Crippen LogP) is 4.73. The van der Waals surface area contributed by atoms with Gasteiger partial charge in [0.25, 0.3) is 0 Å². The molecule has 0 atom stereocenters. The molecule has 0 spiro atoms. The minimum absolute atomic E-state index is 0.240. The quantitative estimate of drug-likeness (QED) is 0.335. The average molecular weight is 452 g/mol. The lowest BCUT2D eigenvalue weighted by atomic mass is 10.2. The molecule has 6 heteroatoms. The van der Waals surface area contributed by atoms with Gasteiger partial charge in [0.05, 0.1) is 12.1 Å². The smallest absolute Gasteiger partial charge is 0.124 e. The molecular weight excluding hydrogens is 437 g/mol. The van der Waals surface area contributed by atoms with Gasteiger partial charge in [-0.2, -0.15) is 0 Å². The van der Waals surface area contributed by atoms with E-state index in [0.717, 1.165) is 25.7 Å². The number of fused-ring (bicyclic) bond motifs is 1. The zero-order valence-electron chi connectivity index (χ0n) is 12.7. The highest BCUT2D eigenvalue weighted by Crippen LogP contribution is 2.24. The summed E-state index contributed by atoms with van der Waals surface area (Å²) in [7, 11) is 0. The van der Waals surface area contributed by atoms with Crippen molar-refractivity contribution in [2.75, 3.05) is 18.4 Å². The number of phenolic OH excluding ortho intramolecular Hbond substituents is 1. The fourth-order valence-corrected chi connectivity index (χ4v) is 3.00. The molecule has 122 valence electrons. The summed E-state index contributed by atoms with van der Waals surface area (Å²) >= 11 is 8.21. The van der Waals surface area contributed by atoms with E-state index in [9.17, 15) is 5.11 Å². The average Bonchev–Trinajstić information content (AvgIpc) is 2.57. The van der Waals surface area contributed by atoms with Crippen molar-refractivity contribution in [2.24, 2.45) is 4.99 Å². The summed E-state index contributed by atoms with van der Waals surface area (Å²) in [5, 5.41) is 14.8. The van der Waals surface area contributed by atoms with Crippen molar-refractivity contribution in [3.63, 3.8) is 0 Å². The lowest BCUT2D eigenvalue weighted by molar-refractivity contribution is 0.474. The van der Waals surface area contributed by atoms with Crippen LogP contribution in [0.4, 0.5) is 5.69 Å². The van der Waals surface area contributed by atoms with Crippen molar-refractivity contribution < 1.29 is 5.11 Å². The molecule has 2 aromatic carbocycles. The van der Waals surface area contributed by atoms with Crippen molar-refractivity contribution in [2.45, 2.75) is 0 Å². The monoisotopic (exact) mass is 451 g/mol. The number of aromatic hydroxyl groups is 1. The van der Waals surface area contributed by atoms with Crippen LogP contribution in [0.15, 0.2) is 53.7 Å². The molecule has 0 aliphatic rings. The first-order valence-corrected chi connectivity index (χ1v) is 8.85. The molecule has 0 radical (unpaired) electrons. The van der Waals surface area contributed by atoms with E-state index in [1.807, 2.05) is 36.4 Å². The van der Waals surface area contributed by atoms with Gasteiger partial charge in [-0.15, -0.1) is 0 Å². The number of anilines is 1. The first kappa shape index (κ1) is 17.0. The first-order valence-electron chi connectivity index (χ1n) is 7.40. The molecule has 2 N–H and O–H groups in total. The first-order chi connectivity index (χ1) is 11.6. The Balaban J connectivity index is 1.63. The molecule has 0 fully saturated rings. The third-order valence-corrected chi connectivity index (χ3v) is 4.39. The van der Waals surface area contributed by atoms with Crippen molar-refractivity contribution in [3.05, 3.63) is 62.8 Å². The number of pyridine rings is 1. The number of nitrogens with one attached hydrogen (secondary N) is 1. The molecule has 0 saturated heterocycles. The molecule has 0 saturated carbocycles. The van der Waals surface area contributed by atoms with Gasteiger partial charge in [-0.25, -0.2) is 0 Å². The fourth-order valence-electron chi connectivity index (χ4n) is 2.32. The van der Waals surface area contributed by atoms with Crippen LogP contribution >= 0.6 is 34.2 Å². The van der Waals surface area contributed by atoms with E-state index in [1.54, 1.807) is 18.5 Å². The van der Waals surface area contributed by atoms with Gasteiger partial charge in [0, 0.05) is 44.2 Å². The molecule has 0 aliphatic heterocycles. The van der Waals surface area contributed by atoms with Gasteiger partial charge < -0.3 is 10.4 Å². The van der Waals surface area contributed by atoms with Crippen LogP contribution in [0, 0.1) is 3.57 Å². The zero-order valence-corrected chi connectivity index (χ0v) is 15.6. The molecule has 1 aromatic heterocycles. The lowest BCUT2D eigenvalue weighted by Gasteiger charge is -2.08. The second-order valence-electron chi connectivity index (χ2n) is 5.19. The van der Waals surface area contributed by atoms with Gasteiger partial charge in [0.2, 0.25) is 0 Å². The Morgan fingerprint density at radius 3 is 2.96 bits per heavy atom. The molecule has 0 bridgehead atoms. The van der Waals surface area contributed by atoms with E-state index in [0.29, 0.717) is 18.1 Å². The SMILES string of the molecule is Oc1ccc(I)cc1C=NCCNc1ccnc2cc(Cl)ccc12. The minimum atomic E-state index is 0.240. The Morgan fingerprint density at radius 2 is 2.08 bits per heavy atom. The standard InChI is InChI=1S/C18H15ClIN3O/c19-13-1-3-15-16(5-6-22-17(15)10-13)23-8-7-21-11-12-9-14(20)2-4-18(12)24/h1-6,9-11,24H,7-8H2,(H,22,23). The number of aromatic nitrogens is 1. The van der Waals surface area contributed by atoms with Crippen LogP contribution in [-0.4, -0.2) is 29.4 Å². The molecule has 0 amide bonds. The number of nitrogens with zero attached hydrogens (tertiary/aromatic N) is 2. The van der Waals surface area contributed by atoms with Crippen LogP contribution in [0.1, 0.15) is 5.56 Å². The summed E-state index contributed by atoms with van der Waals surface area (Å²) in [4.78, 5) is 8.69. The highest BCUT2D eigenvalue weighted by Gasteiger charge is 2.02. The summed E-state index contributed by atoms with van der Waals surface area (Å²) in [6.07, 6.45) is 3.46. The molecule has 24 heavy (non-hydrogen) atoms. The minimum Gasteiger partial charge on any atom is -0.507 e. The third-order valence-electron chi connectivity index (χ3n) is 3.48. The molecule has 4 nitrogen and oxygen atoms in total. The molecule has 3 aromatic rings. The van der Waals surface area contributed by atoms with E-state index in [-0.39, 0.29) is 5.75 Å². The highest BCUT2D eigenvalue weighted by atomic mass is 127.